The largest absolute Gasteiger partial charge is 0.496 e. The maximum Gasteiger partial charge on any atom is 0.303 e. The van der Waals surface area contributed by atoms with Gasteiger partial charge in [0.2, 0.25) is 5.82 Å². The van der Waals surface area contributed by atoms with Crippen molar-refractivity contribution >= 4 is 5.97 Å². The molecule has 0 fully saturated rings. The molecule has 1 heterocycles. The lowest BCUT2D eigenvalue weighted by molar-refractivity contribution is -0.136. The van der Waals surface area contributed by atoms with Crippen LogP contribution < -0.4 is 9.47 Å². The molecular formula is C22H24N2O5. The molecule has 0 saturated carbocycles. The number of methoxy groups -OCH3 is 1. The van der Waals surface area contributed by atoms with Gasteiger partial charge >= 0.3 is 5.97 Å². The SMILES string of the molecule is COc1c(CCC(=O)O)cccc1-c1noc(-c2ccc(OC(C)C)c(C)c2)n1. The molecule has 7 nitrogen and oxygen atoms in total. The zero-order valence-electron chi connectivity index (χ0n) is 16.9. The highest BCUT2D eigenvalue weighted by Crippen LogP contribution is 2.34. The molecule has 0 saturated heterocycles. The predicted octanol–water partition coefficient (Wildman–Crippen LogP) is 4.53. The third-order valence-corrected chi connectivity index (χ3v) is 4.36. The molecule has 0 spiro atoms. The Bertz CT molecular complexity index is 1010. The summed E-state index contributed by atoms with van der Waals surface area (Å²) in [6, 6.07) is 11.2. The van der Waals surface area contributed by atoms with Gasteiger partial charge in [0.05, 0.1) is 18.8 Å². The second-order valence-electron chi connectivity index (χ2n) is 6.96. The average molecular weight is 396 g/mol. The number of aliphatic carboxylic acids is 1. The molecule has 2 aromatic carbocycles. The second kappa shape index (κ2) is 8.77. The van der Waals surface area contributed by atoms with E-state index in [1.807, 2.05) is 57.2 Å². The van der Waals surface area contributed by atoms with Crippen LogP contribution in [0.25, 0.3) is 22.8 Å². The van der Waals surface area contributed by atoms with Gasteiger partial charge in [-0.25, -0.2) is 0 Å². The van der Waals surface area contributed by atoms with Crippen LogP contribution in [0.5, 0.6) is 11.5 Å². The van der Waals surface area contributed by atoms with Gasteiger partial charge in [-0.05, 0) is 62.6 Å². The lowest BCUT2D eigenvalue weighted by Gasteiger charge is -2.12. The Balaban J connectivity index is 1.91. The zero-order valence-corrected chi connectivity index (χ0v) is 16.9. The van der Waals surface area contributed by atoms with E-state index >= 15 is 0 Å². The maximum absolute atomic E-state index is 10.9. The summed E-state index contributed by atoms with van der Waals surface area (Å²) >= 11 is 0. The van der Waals surface area contributed by atoms with Gasteiger partial charge in [0.25, 0.3) is 5.89 Å². The van der Waals surface area contributed by atoms with E-state index in [-0.39, 0.29) is 12.5 Å². The molecule has 3 aromatic rings. The van der Waals surface area contributed by atoms with Crippen LogP contribution in [-0.4, -0.2) is 34.4 Å². The van der Waals surface area contributed by atoms with E-state index < -0.39 is 5.97 Å². The van der Waals surface area contributed by atoms with Gasteiger partial charge < -0.3 is 19.1 Å². The summed E-state index contributed by atoms with van der Waals surface area (Å²) in [7, 11) is 1.54. The second-order valence-corrected chi connectivity index (χ2v) is 6.96. The van der Waals surface area contributed by atoms with Gasteiger partial charge in [-0.2, -0.15) is 4.98 Å². The molecule has 0 bridgehead atoms. The monoisotopic (exact) mass is 396 g/mol. The Hall–Kier alpha value is -3.35. The van der Waals surface area contributed by atoms with Crippen molar-refractivity contribution in [2.45, 2.75) is 39.7 Å². The van der Waals surface area contributed by atoms with E-state index in [1.54, 1.807) is 7.11 Å². The summed E-state index contributed by atoms with van der Waals surface area (Å²) in [6.07, 6.45) is 0.463. The number of hydrogen-bond acceptors (Lipinski definition) is 6. The molecule has 3 rings (SSSR count). The Morgan fingerprint density at radius 1 is 1.24 bits per heavy atom. The number of carboxylic acids is 1. The van der Waals surface area contributed by atoms with Crippen LogP contribution in [-0.2, 0) is 11.2 Å². The van der Waals surface area contributed by atoms with Crippen LogP contribution in [0.4, 0.5) is 0 Å². The molecule has 0 radical (unpaired) electrons. The number of carbonyl (C=O) groups is 1. The quantitative estimate of drug-likeness (QED) is 0.598. The fourth-order valence-electron chi connectivity index (χ4n) is 3.06. The first-order valence-electron chi connectivity index (χ1n) is 9.38. The first-order valence-corrected chi connectivity index (χ1v) is 9.38. The highest BCUT2D eigenvalue weighted by atomic mass is 16.5. The molecular weight excluding hydrogens is 372 g/mol. The van der Waals surface area contributed by atoms with Crippen molar-refractivity contribution in [1.82, 2.24) is 10.1 Å². The number of aromatic nitrogens is 2. The smallest absolute Gasteiger partial charge is 0.303 e. The van der Waals surface area contributed by atoms with E-state index in [0.29, 0.717) is 29.4 Å². The summed E-state index contributed by atoms with van der Waals surface area (Å²) in [6.45, 7) is 5.93. The minimum Gasteiger partial charge on any atom is -0.496 e. The zero-order chi connectivity index (χ0) is 21.0. The van der Waals surface area contributed by atoms with Crippen molar-refractivity contribution in [2.75, 3.05) is 7.11 Å². The first kappa shape index (κ1) is 20.4. The van der Waals surface area contributed by atoms with Crippen molar-refractivity contribution in [1.29, 1.82) is 0 Å². The van der Waals surface area contributed by atoms with Crippen molar-refractivity contribution in [3.05, 3.63) is 47.5 Å². The summed E-state index contributed by atoms with van der Waals surface area (Å²) in [5.74, 6) is 1.28. The molecule has 0 aliphatic rings. The Kier molecular flexibility index (Phi) is 6.16. The van der Waals surface area contributed by atoms with E-state index in [2.05, 4.69) is 10.1 Å². The Morgan fingerprint density at radius 2 is 2.03 bits per heavy atom. The number of aryl methyl sites for hydroxylation is 2. The number of para-hydroxylation sites is 1. The highest BCUT2D eigenvalue weighted by Gasteiger charge is 2.18. The lowest BCUT2D eigenvalue weighted by Crippen LogP contribution is -2.06. The molecule has 1 N–H and O–H groups in total. The van der Waals surface area contributed by atoms with Crippen LogP contribution in [0, 0.1) is 6.92 Å². The van der Waals surface area contributed by atoms with Crippen molar-refractivity contribution in [2.24, 2.45) is 0 Å². The minimum atomic E-state index is -0.862. The third kappa shape index (κ3) is 4.74. The predicted molar refractivity (Wildman–Crippen MR) is 108 cm³/mol. The van der Waals surface area contributed by atoms with Crippen molar-refractivity contribution in [3.8, 4) is 34.3 Å². The lowest BCUT2D eigenvalue weighted by atomic mass is 10.0. The molecule has 152 valence electrons. The number of hydrogen-bond donors (Lipinski definition) is 1. The van der Waals surface area contributed by atoms with Crippen molar-refractivity contribution < 1.29 is 23.9 Å². The van der Waals surface area contributed by atoms with Gasteiger partial charge in [-0.3, -0.25) is 4.79 Å². The number of ether oxygens (including phenoxy) is 2. The van der Waals surface area contributed by atoms with E-state index in [1.165, 1.54) is 0 Å². The number of nitrogens with zero attached hydrogens (tertiary/aromatic N) is 2. The Morgan fingerprint density at radius 3 is 2.69 bits per heavy atom. The number of rotatable bonds is 8. The van der Waals surface area contributed by atoms with E-state index in [9.17, 15) is 4.79 Å². The van der Waals surface area contributed by atoms with Gasteiger partial charge in [0, 0.05) is 12.0 Å². The normalized spacial score (nSPS) is 10.9. The molecule has 0 aliphatic heterocycles. The molecule has 0 aliphatic carbocycles. The fraction of sp³-hybridized carbons (Fsp3) is 0.318. The fourth-order valence-corrected chi connectivity index (χ4v) is 3.06. The highest BCUT2D eigenvalue weighted by molar-refractivity contribution is 5.70. The molecule has 7 heteroatoms. The van der Waals surface area contributed by atoms with Crippen LogP contribution in [0.1, 0.15) is 31.4 Å². The van der Waals surface area contributed by atoms with Gasteiger partial charge in [-0.15, -0.1) is 0 Å². The molecule has 0 atom stereocenters. The molecule has 0 unspecified atom stereocenters. The van der Waals surface area contributed by atoms with Crippen LogP contribution in [0.3, 0.4) is 0 Å². The molecule has 0 amide bonds. The van der Waals surface area contributed by atoms with E-state index in [4.69, 9.17) is 19.1 Å². The Labute approximate surface area is 169 Å². The summed E-state index contributed by atoms with van der Waals surface area (Å²) < 4.78 is 16.8. The van der Waals surface area contributed by atoms with Gasteiger partial charge in [0.15, 0.2) is 0 Å². The van der Waals surface area contributed by atoms with Crippen LogP contribution >= 0.6 is 0 Å². The van der Waals surface area contributed by atoms with Crippen molar-refractivity contribution in [3.63, 3.8) is 0 Å². The standard InChI is InChI=1S/C22H24N2O5/c1-13(2)28-18-10-8-16(12-14(18)3)22-23-21(24-29-22)17-7-5-6-15(20(17)27-4)9-11-19(25)26/h5-8,10,12-13H,9,11H2,1-4H3,(H,25,26). The number of carboxylic acid groups (broad SMARTS) is 1. The first-order chi connectivity index (χ1) is 13.9. The topological polar surface area (TPSA) is 94.7 Å². The van der Waals surface area contributed by atoms with E-state index in [0.717, 1.165) is 22.4 Å². The van der Waals surface area contributed by atoms with Gasteiger partial charge in [0.1, 0.15) is 11.5 Å². The average Bonchev–Trinajstić information content (AvgIpc) is 3.17. The summed E-state index contributed by atoms with van der Waals surface area (Å²) in [5.41, 5.74) is 3.20. The summed E-state index contributed by atoms with van der Waals surface area (Å²) in [4.78, 5) is 15.4. The third-order valence-electron chi connectivity index (χ3n) is 4.36. The minimum absolute atomic E-state index is 0.0153. The molecule has 1 aromatic heterocycles. The van der Waals surface area contributed by atoms with Gasteiger partial charge in [-0.1, -0.05) is 17.3 Å². The maximum atomic E-state index is 10.9. The van der Waals surface area contributed by atoms with Crippen LogP contribution in [0.15, 0.2) is 40.9 Å². The number of benzene rings is 2. The molecule has 29 heavy (non-hydrogen) atoms. The van der Waals surface area contributed by atoms with Crippen LogP contribution in [0.2, 0.25) is 0 Å². The summed E-state index contributed by atoms with van der Waals surface area (Å²) in [5, 5.41) is 13.0.